The van der Waals surface area contributed by atoms with Gasteiger partial charge in [0.1, 0.15) is 12.6 Å². The minimum absolute atomic E-state index is 0. The number of aromatic nitrogens is 2. The van der Waals surface area contributed by atoms with Gasteiger partial charge in [0.15, 0.2) is 6.61 Å². The summed E-state index contributed by atoms with van der Waals surface area (Å²) in [6.45, 7) is 10.8. The number of nitrogens with zero attached hydrogens (tertiary/aromatic N) is 2. The van der Waals surface area contributed by atoms with Gasteiger partial charge in [-0.3, -0.25) is 4.79 Å². The van der Waals surface area contributed by atoms with Crippen LogP contribution in [0.1, 0.15) is 56.8 Å². The highest BCUT2D eigenvalue weighted by molar-refractivity contribution is 5.94. The van der Waals surface area contributed by atoms with Crippen LogP contribution in [-0.4, -0.2) is 42.0 Å². The number of hydrogen-bond donors (Lipinski definition) is 2. The Hall–Kier alpha value is -3.17. The van der Waals surface area contributed by atoms with Crippen molar-refractivity contribution in [1.82, 2.24) is 15.3 Å². The minimum Gasteiger partial charge on any atom is -0.468 e. The van der Waals surface area contributed by atoms with E-state index in [0.717, 1.165) is 23.6 Å². The van der Waals surface area contributed by atoms with Crippen molar-refractivity contribution >= 4 is 18.5 Å². The summed E-state index contributed by atoms with van der Waals surface area (Å²) in [6, 6.07) is 4.93. The molecule has 2 aromatic heterocycles. The number of aryl methyl sites for hydroxylation is 2. The monoisotopic (exact) mass is 458 g/mol. The zero-order valence-electron chi connectivity index (χ0n) is 18.8. The molecule has 32 heavy (non-hydrogen) atoms. The van der Waals surface area contributed by atoms with Gasteiger partial charge in [-0.15, -0.1) is 0 Å². The molecule has 1 unspecified atom stereocenters. The lowest BCUT2D eigenvalue weighted by Gasteiger charge is -2.17. The van der Waals surface area contributed by atoms with E-state index in [2.05, 4.69) is 39.2 Å². The number of alkyl halides is 3. The number of hydrogen-bond acceptors (Lipinski definition) is 6. The lowest BCUT2D eigenvalue weighted by molar-refractivity contribution is -0.154. The second kappa shape index (κ2) is 12.0. The van der Waals surface area contributed by atoms with Crippen LogP contribution < -0.4 is 15.4 Å². The molecule has 0 bridgehead atoms. The molecular weight excluding hydrogens is 425 g/mol. The van der Waals surface area contributed by atoms with E-state index in [-0.39, 0.29) is 26.2 Å². The van der Waals surface area contributed by atoms with Gasteiger partial charge in [-0.05, 0) is 50.5 Å². The number of nitrogens with one attached hydrogen (secondary N) is 2. The fourth-order valence-corrected chi connectivity index (χ4v) is 2.70. The summed E-state index contributed by atoms with van der Waals surface area (Å²) < 4.78 is 41.6. The Balaban J connectivity index is 0. The fraction of sp³-hybridized carbons (Fsp3) is 0.455. The lowest BCUT2D eigenvalue weighted by atomic mass is 10.1. The minimum atomic E-state index is -4.45. The van der Waals surface area contributed by atoms with Crippen LogP contribution in [0.3, 0.4) is 0 Å². The SMILES string of the molecule is C=O.Cc1cc(C(C)NC(=O)c2cnc(OCC(F)(F)F)c(C)c2)cc(NCC(C)C)n1.[HH].[HH]. The van der Waals surface area contributed by atoms with Gasteiger partial charge >= 0.3 is 6.18 Å². The quantitative estimate of drug-likeness (QED) is 0.584. The van der Waals surface area contributed by atoms with Crippen LogP contribution >= 0.6 is 0 Å². The first-order chi connectivity index (χ1) is 14.9. The normalized spacial score (nSPS) is 11.9. The van der Waals surface area contributed by atoms with Gasteiger partial charge in [0, 0.05) is 26.9 Å². The van der Waals surface area contributed by atoms with Gasteiger partial charge in [0.2, 0.25) is 5.88 Å². The van der Waals surface area contributed by atoms with Crippen LogP contribution in [0.4, 0.5) is 19.0 Å². The molecule has 0 spiro atoms. The van der Waals surface area contributed by atoms with Gasteiger partial charge in [-0.1, -0.05) is 13.8 Å². The second-order valence-corrected chi connectivity index (χ2v) is 7.65. The molecule has 7 nitrogen and oxygen atoms in total. The standard InChI is InChI=1S/C21H27F3N4O2.CH2O.2H2/c1-12(2)9-25-18-8-16(7-14(4)27-18)15(5)28-19(29)17-6-13(3)20(26-10-17)30-11-21(22,23)24;1-2;;/h6-8,10,12,15H,9,11H2,1-5H3,(H,25,27)(H,28,29);1H2;2*1H. The molecule has 0 saturated heterocycles. The van der Waals surface area contributed by atoms with E-state index in [1.54, 1.807) is 0 Å². The molecule has 10 heteroatoms. The smallest absolute Gasteiger partial charge is 0.422 e. The van der Waals surface area contributed by atoms with E-state index in [1.807, 2.05) is 32.8 Å². The predicted molar refractivity (Wildman–Crippen MR) is 120 cm³/mol. The van der Waals surface area contributed by atoms with Gasteiger partial charge < -0.3 is 20.2 Å². The van der Waals surface area contributed by atoms with Crippen LogP contribution in [0.15, 0.2) is 24.4 Å². The van der Waals surface area contributed by atoms with Gasteiger partial charge in [0.25, 0.3) is 5.91 Å². The molecule has 0 aliphatic rings. The number of pyridine rings is 2. The molecule has 2 aromatic rings. The summed E-state index contributed by atoms with van der Waals surface area (Å²) in [7, 11) is 0. The Morgan fingerprint density at radius 2 is 1.84 bits per heavy atom. The number of carbonyl (C=O) groups is 2. The van der Waals surface area contributed by atoms with E-state index in [1.165, 1.54) is 19.2 Å². The Morgan fingerprint density at radius 1 is 1.19 bits per heavy atom. The number of amides is 1. The van der Waals surface area contributed by atoms with Crippen molar-refractivity contribution in [2.45, 2.75) is 46.8 Å². The molecule has 0 aliphatic carbocycles. The van der Waals surface area contributed by atoms with E-state index in [9.17, 15) is 18.0 Å². The third-order valence-electron chi connectivity index (χ3n) is 4.18. The van der Waals surface area contributed by atoms with Crippen molar-refractivity contribution in [2.75, 3.05) is 18.5 Å². The summed E-state index contributed by atoms with van der Waals surface area (Å²) in [5.41, 5.74) is 2.29. The highest BCUT2D eigenvalue weighted by atomic mass is 19.4. The molecule has 0 fully saturated rings. The average molecular weight is 459 g/mol. The molecule has 0 saturated carbocycles. The zero-order valence-corrected chi connectivity index (χ0v) is 18.8. The topological polar surface area (TPSA) is 93.2 Å². The number of rotatable bonds is 8. The maximum Gasteiger partial charge on any atom is 0.422 e. The Morgan fingerprint density at radius 3 is 2.41 bits per heavy atom. The van der Waals surface area contributed by atoms with Gasteiger partial charge in [-0.25, -0.2) is 9.97 Å². The van der Waals surface area contributed by atoms with Crippen molar-refractivity contribution < 1.29 is 30.4 Å². The predicted octanol–water partition coefficient (Wildman–Crippen LogP) is 4.90. The molecule has 0 radical (unpaired) electrons. The highest BCUT2D eigenvalue weighted by Gasteiger charge is 2.29. The number of carbonyl (C=O) groups excluding carboxylic acids is 2. The van der Waals surface area contributed by atoms with Gasteiger partial charge in [0.05, 0.1) is 11.6 Å². The van der Waals surface area contributed by atoms with Crippen LogP contribution in [0.2, 0.25) is 0 Å². The van der Waals surface area contributed by atoms with Crippen molar-refractivity contribution in [3.8, 4) is 5.88 Å². The number of anilines is 1. The maximum absolute atomic E-state index is 12.6. The van der Waals surface area contributed by atoms with Crippen LogP contribution in [-0.2, 0) is 4.79 Å². The van der Waals surface area contributed by atoms with E-state index >= 15 is 0 Å². The number of halogens is 3. The molecule has 1 atom stereocenters. The zero-order chi connectivity index (χ0) is 24.5. The largest absolute Gasteiger partial charge is 0.468 e. The van der Waals surface area contributed by atoms with E-state index in [4.69, 9.17) is 4.79 Å². The average Bonchev–Trinajstić information content (AvgIpc) is 2.71. The van der Waals surface area contributed by atoms with Crippen molar-refractivity contribution in [3.05, 3.63) is 46.8 Å². The summed E-state index contributed by atoms with van der Waals surface area (Å²) in [4.78, 5) is 28.9. The summed E-state index contributed by atoms with van der Waals surface area (Å²) in [5, 5.41) is 6.15. The highest BCUT2D eigenvalue weighted by Crippen LogP contribution is 2.22. The molecular formula is C22H33F3N4O3. The van der Waals surface area contributed by atoms with E-state index < -0.39 is 12.8 Å². The first-order valence-corrected chi connectivity index (χ1v) is 9.93. The summed E-state index contributed by atoms with van der Waals surface area (Å²) in [5.74, 6) is 0.671. The first kappa shape index (κ1) is 26.9. The van der Waals surface area contributed by atoms with Crippen molar-refractivity contribution in [2.24, 2.45) is 5.92 Å². The lowest BCUT2D eigenvalue weighted by Crippen LogP contribution is -2.27. The maximum atomic E-state index is 12.6. The van der Waals surface area contributed by atoms with Crippen molar-refractivity contribution in [3.63, 3.8) is 0 Å². The molecule has 1 amide bonds. The Kier molecular flexibility index (Phi) is 10.1. The molecule has 2 N–H and O–H groups in total. The molecule has 2 rings (SSSR count). The number of ether oxygens (including phenoxy) is 1. The third kappa shape index (κ3) is 8.91. The fourth-order valence-electron chi connectivity index (χ4n) is 2.70. The summed E-state index contributed by atoms with van der Waals surface area (Å²) >= 11 is 0. The molecule has 0 aliphatic heterocycles. The van der Waals surface area contributed by atoms with Crippen LogP contribution in [0.5, 0.6) is 5.88 Å². The Bertz CT molecular complexity index is 915. The first-order valence-electron chi connectivity index (χ1n) is 9.93. The van der Waals surface area contributed by atoms with Crippen LogP contribution in [0.25, 0.3) is 0 Å². The van der Waals surface area contributed by atoms with Crippen LogP contribution in [0, 0.1) is 19.8 Å². The van der Waals surface area contributed by atoms with Gasteiger partial charge in [-0.2, -0.15) is 13.2 Å². The molecule has 180 valence electrons. The summed E-state index contributed by atoms with van der Waals surface area (Å²) in [6.07, 6.45) is -3.25. The Labute approximate surface area is 188 Å². The second-order valence-electron chi connectivity index (χ2n) is 7.65. The molecule has 2 heterocycles. The molecule has 0 aromatic carbocycles. The van der Waals surface area contributed by atoms with E-state index in [0.29, 0.717) is 11.5 Å². The third-order valence-corrected chi connectivity index (χ3v) is 4.18. The van der Waals surface area contributed by atoms with Crippen molar-refractivity contribution in [1.29, 1.82) is 0 Å².